The number of carbonyl (C=O) groups is 2. The molecule has 156 valence electrons. The number of nitrogens with zero attached hydrogens (tertiary/aromatic N) is 1. The number of benzene rings is 1. The molecule has 3 heterocycles. The molecule has 1 aliphatic heterocycles. The number of likely N-dealkylation sites (tertiary alicyclic amines) is 1. The summed E-state index contributed by atoms with van der Waals surface area (Å²) in [5, 5.41) is 11.2. The van der Waals surface area contributed by atoms with Crippen LogP contribution >= 0.6 is 0 Å². The second-order valence-electron chi connectivity index (χ2n) is 8.31. The van der Waals surface area contributed by atoms with Crippen LogP contribution in [-0.2, 0) is 28.9 Å². The number of hydrogen-bond acceptors (Lipinski definition) is 5. The largest absolute Gasteiger partial charge is 0.480 e. The van der Waals surface area contributed by atoms with E-state index in [9.17, 15) is 19.5 Å². The van der Waals surface area contributed by atoms with E-state index in [0.29, 0.717) is 36.1 Å². The molecule has 0 saturated carbocycles. The van der Waals surface area contributed by atoms with Crippen molar-refractivity contribution in [2.75, 3.05) is 6.54 Å². The van der Waals surface area contributed by atoms with Crippen LogP contribution in [0, 0.1) is 6.92 Å². The van der Waals surface area contributed by atoms with E-state index in [1.807, 2.05) is 13.0 Å². The Kier molecular flexibility index (Phi) is 4.41. The van der Waals surface area contributed by atoms with Gasteiger partial charge >= 0.3 is 11.6 Å². The molecule has 30 heavy (non-hydrogen) atoms. The van der Waals surface area contributed by atoms with Crippen LogP contribution in [0.5, 0.6) is 0 Å². The summed E-state index contributed by atoms with van der Waals surface area (Å²) < 4.78 is 11.5. The molecule has 1 aliphatic carbocycles. The van der Waals surface area contributed by atoms with E-state index < -0.39 is 17.6 Å². The fourth-order valence-electron chi connectivity index (χ4n) is 4.92. The molecular formula is C23H23NO6. The van der Waals surface area contributed by atoms with Gasteiger partial charge in [0.1, 0.15) is 23.0 Å². The van der Waals surface area contributed by atoms with Crippen molar-refractivity contribution < 1.29 is 23.5 Å². The van der Waals surface area contributed by atoms with E-state index in [1.165, 1.54) is 10.5 Å². The van der Waals surface area contributed by atoms with Gasteiger partial charge in [0.05, 0.1) is 12.0 Å². The molecule has 1 atom stereocenters. The standard InChI is InChI=1S/C23H23NO6/c1-12-14-9-16-13-5-2-3-7-18(13)29-20(16)11-19(14)30-23(28)15(12)10-21(25)24-8-4-6-17(24)22(26)27/h9,11,17H,2-8,10H2,1H3,(H,26,27)/t17-/m1/s1. The highest BCUT2D eigenvalue weighted by Gasteiger charge is 2.34. The highest BCUT2D eigenvalue weighted by atomic mass is 16.4. The van der Waals surface area contributed by atoms with E-state index in [4.69, 9.17) is 8.83 Å². The van der Waals surface area contributed by atoms with Crippen molar-refractivity contribution in [2.24, 2.45) is 0 Å². The summed E-state index contributed by atoms with van der Waals surface area (Å²) in [7, 11) is 0. The van der Waals surface area contributed by atoms with Crippen molar-refractivity contribution in [1.29, 1.82) is 0 Å². The van der Waals surface area contributed by atoms with Crippen LogP contribution in [0.2, 0.25) is 0 Å². The van der Waals surface area contributed by atoms with Gasteiger partial charge in [-0.3, -0.25) is 4.79 Å². The predicted octanol–water partition coefficient (Wildman–Crippen LogP) is 3.34. The molecule has 1 N–H and O–H groups in total. The summed E-state index contributed by atoms with van der Waals surface area (Å²) >= 11 is 0. The van der Waals surface area contributed by atoms with E-state index >= 15 is 0 Å². The molecule has 1 fully saturated rings. The number of fused-ring (bicyclic) bond motifs is 4. The Morgan fingerprint density at radius 2 is 1.87 bits per heavy atom. The maximum Gasteiger partial charge on any atom is 0.340 e. The third-order valence-corrected chi connectivity index (χ3v) is 6.55. The number of amides is 1. The number of carboxylic acid groups (broad SMARTS) is 1. The quantitative estimate of drug-likeness (QED) is 0.666. The van der Waals surface area contributed by atoms with Crippen molar-refractivity contribution in [1.82, 2.24) is 4.90 Å². The normalized spacial score (nSPS) is 18.8. The van der Waals surface area contributed by atoms with Crippen LogP contribution in [0.15, 0.2) is 25.8 Å². The number of carbonyl (C=O) groups excluding carboxylic acids is 1. The minimum absolute atomic E-state index is 0.157. The van der Waals surface area contributed by atoms with Crippen molar-refractivity contribution in [3.8, 4) is 0 Å². The predicted molar refractivity (Wildman–Crippen MR) is 110 cm³/mol. The Labute approximate surface area is 172 Å². The van der Waals surface area contributed by atoms with Gasteiger partial charge in [0.2, 0.25) is 5.91 Å². The minimum atomic E-state index is -1.00. The van der Waals surface area contributed by atoms with Crippen molar-refractivity contribution >= 4 is 33.8 Å². The monoisotopic (exact) mass is 409 g/mol. The second-order valence-corrected chi connectivity index (χ2v) is 8.31. The second kappa shape index (κ2) is 7.00. The smallest absolute Gasteiger partial charge is 0.340 e. The van der Waals surface area contributed by atoms with Crippen molar-refractivity contribution in [3.63, 3.8) is 0 Å². The van der Waals surface area contributed by atoms with Gasteiger partial charge in [-0.25, -0.2) is 9.59 Å². The van der Waals surface area contributed by atoms with Crippen LogP contribution in [-0.4, -0.2) is 34.5 Å². The first-order chi connectivity index (χ1) is 14.4. The van der Waals surface area contributed by atoms with Crippen LogP contribution in [0.4, 0.5) is 0 Å². The van der Waals surface area contributed by atoms with Gasteiger partial charge in [0.25, 0.3) is 0 Å². The first kappa shape index (κ1) is 18.9. The zero-order chi connectivity index (χ0) is 21.0. The average Bonchev–Trinajstić information content (AvgIpc) is 3.34. The van der Waals surface area contributed by atoms with Crippen LogP contribution in [0.25, 0.3) is 21.9 Å². The average molecular weight is 409 g/mol. The van der Waals surface area contributed by atoms with Gasteiger partial charge in [0, 0.05) is 35.4 Å². The maximum absolute atomic E-state index is 12.8. The number of aryl methyl sites for hydroxylation is 3. The summed E-state index contributed by atoms with van der Waals surface area (Å²) in [4.78, 5) is 38.2. The molecule has 7 heteroatoms. The summed E-state index contributed by atoms with van der Waals surface area (Å²) in [6.45, 7) is 2.22. The summed E-state index contributed by atoms with van der Waals surface area (Å²) in [6, 6.07) is 2.95. The van der Waals surface area contributed by atoms with Crippen LogP contribution < -0.4 is 5.63 Å². The van der Waals surface area contributed by atoms with Gasteiger partial charge in [0.15, 0.2) is 0 Å². The highest BCUT2D eigenvalue weighted by Crippen LogP contribution is 2.35. The zero-order valence-corrected chi connectivity index (χ0v) is 16.8. The molecule has 5 rings (SSSR count). The van der Waals surface area contributed by atoms with Gasteiger partial charge in [-0.1, -0.05) is 0 Å². The Bertz CT molecular complexity index is 1250. The molecule has 1 amide bonds. The summed E-state index contributed by atoms with van der Waals surface area (Å²) in [5.74, 6) is -0.345. The first-order valence-electron chi connectivity index (χ1n) is 10.5. The molecule has 2 aliphatic rings. The Morgan fingerprint density at radius 1 is 1.10 bits per heavy atom. The molecular weight excluding hydrogens is 386 g/mol. The fourth-order valence-corrected chi connectivity index (χ4v) is 4.92. The van der Waals surface area contributed by atoms with Crippen molar-refractivity contribution in [2.45, 2.75) is 57.9 Å². The Morgan fingerprint density at radius 3 is 2.67 bits per heavy atom. The molecule has 3 aromatic rings. The number of rotatable bonds is 3. The van der Waals surface area contributed by atoms with Crippen molar-refractivity contribution in [3.05, 3.63) is 45.0 Å². The third kappa shape index (κ3) is 2.91. The molecule has 0 spiro atoms. The number of aliphatic carboxylic acids is 1. The lowest BCUT2D eigenvalue weighted by atomic mass is 9.94. The number of hydrogen-bond donors (Lipinski definition) is 1. The molecule has 1 saturated heterocycles. The maximum atomic E-state index is 12.8. The van der Waals surface area contributed by atoms with Gasteiger partial charge in [-0.2, -0.15) is 0 Å². The first-order valence-corrected chi connectivity index (χ1v) is 10.5. The van der Waals surface area contributed by atoms with E-state index in [0.717, 1.165) is 47.8 Å². The van der Waals surface area contributed by atoms with Crippen LogP contribution in [0.1, 0.15) is 48.1 Å². The van der Waals surface area contributed by atoms with Crippen LogP contribution in [0.3, 0.4) is 0 Å². The third-order valence-electron chi connectivity index (χ3n) is 6.55. The lowest BCUT2D eigenvalue weighted by Gasteiger charge is -2.21. The lowest BCUT2D eigenvalue weighted by molar-refractivity contribution is -0.148. The lowest BCUT2D eigenvalue weighted by Crippen LogP contribution is -2.41. The molecule has 7 nitrogen and oxygen atoms in total. The van der Waals surface area contributed by atoms with Gasteiger partial charge in [-0.05, 0) is 50.7 Å². The fraction of sp³-hybridized carbons (Fsp3) is 0.435. The van der Waals surface area contributed by atoms with Gasteiger partial charge < -0.3 is 18.8 Å². The number of carboxylic acids is 1. The molecule has 2 aromatic heterocycles. The van der Waals surface area contributed by atoms with Gasteiger partial charge in [-0.15, -0.1) is 0 Å². The van der Waals surface area contributed by atoms with E-state index in [1.54, 1.807) is 6.07 Å². The number of furan rings is 1. The Balaban J connectivity index is 1.57. The molecule has 0 radical (unpaired) electrons. The Hall–Kier alpha value is -3.09. The highest BCUT2D eigenvalue weighted by molar-refractivity contribution is 5.97. The summed E-state index contributed by atoms with van der Waals surface area (Å²) in [5.41, 5.74) is 2.82. The van der Waals surface area contributed by atoms with E-state index in [2.05, 4.69) is 0 Å². The van der Waals surface area contributed by atoms with E-state index in [-0.39, 0.29) is 12.3 Å². The SMILES string of the molecule is Cc1c(CC(=O)N2CCC[C@@H]2C(=O)O)c(=O)oc2cc3oc4c(c3cc12)CCCC4. The molecule has 0 bridgehead atoms. The minimum Gasteiger partial charge on any atom is -0.480 e. The summed E-state index contributed by atoms with van der Waals surface area (Å²) in [6.07, 6.45) is 5.07. The molecule has 1 aromatic carbocycles. The zero-order valence-electron chi connectivity index (χ0n) is 16.8. The topological polar surface area (TPSA) is 101 Å². The molecule has 0 unspecified atom stereocenters.